The molecule has 1 aliphatic rings. The molecule has 1 aromatic heterocycles. The molecule has 1 heterocycles. The maximum Gasteiger partial charge on any atom is 0.277 e. The number of rotatable bonds is 6. The van der Waals surface area contributed by atoms with E-state index in [4.69, 9.17) is 9.15 Å². The Balaban J connectivity index is 1.51. The average Bonchev–Trinajstić information content (AvgIpc) is 3.11. The van der Waals surface area contributed by atoms with Gasteiger partial charge >= 0.3 is 0 Å². The molecule has 6 nitrogen and oxygen atoms in total. The van der Waals surface area contributed by atoms with E-state index in [0.717, 1.165) is 17.7 Å². The first-order valence-electron chi connectivity index (χ1n) is 8.56. The minimum atomic E-state index is 0.0212. The third-order valence-corrected chi connectivity index (χ3v) is 5.35. The Hall–Kier alpha value is -2.02. The summed E-state index contributed by atoms with van der Waals surface area (Å²) in [5.41, 5.74) is 0.820. The molecule has 134 valence electrons. The molecule has 0 bridgehead atoms. The van der Waals surface area contributed by atoms with Crippen molar-refractivity contribution in [2.45, 2.75) is 43.9 Å². The van der Waals surface area contributed by atoms with Gasteiger partial charge in [-0.15, -0.1) is 10.2 Å². The number of nitrogens with one attached hydrogen (secondary N) is 1. The van der Waals surface area contributed by atoms with E-state index < -0.39 is 0 Å². The predicted octanol–water partition coefficient (Wildman–Crippen LogP) is 3.53. The van der Waals surface area contributed by atoms with E-state index in [2.05, 4.69) is 22.4 Å². The number of carbonyl (C=O) groups excluding carboxylic acids is 1. The van der Waals surface area contributed by atoms with Crippen LogP contribution >= 0.6 is 11.8 Å². The van der Waals surface area contributed by atoms with Gasteiger partial charge in [-0.3, -0.25) is 4.79 Å². The molecule has 2 atom stereocenters. The maximum absolute atomic E-state index is 12.1. The van der Waals surface area contributed by atoms with E-state index in [9.17, 15) is 4.79 Å². The molecule has 1 saturated carbocycles. The normalized spacial score (nSPS) is 20.2. The second kappa shape index (κ2) is 8.38. The number of thioether (sulfide) groups is 1. The summed E-state index contributed by atoms with van der Waals surface area (Å²) < 4.78 is 10.8. The van der Waals surface area contributed by atoms with Gasteiger partial charge in [0.2, 0.25) is 11.8 Å². The number of ether oxygens (including phenoxy) is 1. The zero-order valence-electron chi connectivity index (χ0n) is 14.5. The van der Waals surface area contributed by atoms with Gasteiger partial charge in [0.05, 0.1) is 12.9 Å². The number of benzene rings is 1. The summed E-state index contributed by atoms with van der Waals surface area (Å²) >= 11 is 1.26. The summed E-state index contributed by atoms with van der Waals surface area (Å²) in [6.07, 6.45) is 4.71. The summed E-state index contributed by atoms with van der Waals surface area (Å²) in [5, 5.41) is 11.6. The number of methoxy groups -OCH3 is 1. The molecule has 1 aromatic carbocycles. The van der Waals surface area contributed by atoms with Crippen molar-refractivity contribution in [3.8, 4) is 17.2 Å². The van der Waals surface area contributed by atoms with Gasteiger partial charge in [-0.25, -0.2) is 0 Å². The first-order chi connectivity index (χ1) is 12.2. The van der Waals surface area contributed by atoms with Crippen molar-refractivity contribution >= 4 is 17.7 Å². The fourth-order valence-electron chi connectivity index (χ4n) is 3.02. The molecule has 1 aliphatic carbocycles. The summed E-state index contributed by atoms with van der Waals surface area (Å²) in [5.74, 6) is 2.06. The van der Waals surface area contributed by atoms with Crippen LogP contribution in [-0.4, -0.2) is 35.0 Å². The van der Waals surface area contributed by atoms with Gasteiger partial charge in [0, 0.05) is 11.6 Å². The molecule has 0 spiro atoms. The zero-order chi connectivity index (χ0) is 17.6. The van der Waals surface area contributed by atoms with E-state index in [-0.39, 0.29) is 11.7 Å². The molecule has 3 rings (SSSR count). The highest BCUT2D eigenvalue weighted by atomic mass is 32.2. The highest BCUT2D eigenvalue weighted by Gasteiger charge is 2.23. The average molecular weight is 361 g/mol. The van der Waals surface area contributed by atoms with Crippen molar-refractivity contribution in [3.05, 3.63) is 24.3 Å². The second-order valence-corrected chi connectivity index (χ2v) is 7.25. The number of aromatic nitrogens is 2. The van der Waals surface area contributed by atoms with Crippen molar-refractivity contribution in [3.63, 3.8) is 0 Å². The van der Waals surface area contributed by atoms with Gasteiger partial charge in [-0.2, -0.15) is 0 Å². The summed E-state index contributed by atoms with van der Waals surface area (Å²) in [6, 6.07) is 7.69. The number of amides is 1. The van der Waals surface area contributed by atoms with E-state index in [1.54, 1.807) is 7.11 Å². The monoisotopic (exact) mass is 361 g/mol. The van der Waals surface area contributed by atoms with Gasteiger partial charge in [-0.1, -0.05) is 31.5 Å². The Morgan fingerprint density at radius 1 is 1.28 bits per heavy atom. The van der Waals surface area contributed by atoms with Crippen LogP contribution < -0.4 is 10.1 Å². The zero-order valence-corrected chi connectivity index (χ0v) is 15.3. The quantitative estimate of drug-likeness (QED) is 0.793. The van der Waals surface area contributed by atoms with Crippen molar-refractivity contribution < 1.29 is 13.9 Å². The number of hydrogen-bond donors (Lipinski definition) is 1. The summed E-state index contributed by atoms with van der Waals surface area (Å²) in [6.45, 7) is 2.20. The van der Waals surface area contributed by atoms with Crippen LogP contribution in [0.15, 0.2) is 33.9 Å². The highest BCUT2D eigenvalue weighted by Crippen LogP contribution is 2.26. The van der Waals surface area contributed by atoms with Gasteiger partial charge in [0.1, 0.15) is 5.75 Å². The van der Waals surface area contributed by atoms with Crippen LogP contribution in [0.3, 0.4) is 0 Å². The summed E-state index contributed by atoms with van der Waals surface area (Å²) in [4.78, 5) is 12.1. The predicted molar refractivity (Wildman–Crippen MR) is 96.6 cm³/mol. The molecular formula is C18H23N3O3S. The van der Waals surface area contributed by atoms with Crippen molar-refractivity contribution in [1.29, 1.82) is 0 Å². The minimum Gasteiger partial charge on any atom is -0.497 e. The second-order valence-electron chi connectivity index (χ2n) is 6.33. The molecular weight excluding hydrogens is 338 g/mol. The van der Waals surface area contributed by atoms with E-state index >= 15 is 0 Å². The topological polar surface area (TPSA) is 77.2 Å². The molecule has 0 aliphatic heterocycles. The number of hydrogen-bond acceptors (Lipinski definition) is 6. The third-order valence-electron chi connectivity index (χ3n) is 4.53. The lowest BCUT2D eigenvalue weighted by atomic mass is 9.86. The van der Waals surface area contributed by atoms with Crippen molar-refractivity contribution in [1.82, 2.24) is 15.5 Å². The first kappa shape index (κ1) is 17.8. The minimum absolute atomic E-state index is 0.0212. The van der Waals surface area contributed by atoms with Crippen LogP contribution in [0.2, 0.25) is 0 Å². The standard InChI is InChI=1S/C18H23N3O3S/c1-12-5-3-4-6-15(12)19-16(22)11-25-18-21-20-17(24-18)13-7-9-14(23-2)10-8-13/h7-10,12,15H,3-6,11H2,1-2H3,(H,19,22). The van der Waals surface area contributed by atoms with E-state index in [1.807, 2.05) is 24.3 Å². The Kier molecular flexibility index (Phi) is 5.96. The number of carbonyl (C=O) groups is 1. The SMILES string of the molecule is COc1ccc(-c2nnc(SCC(=O)NC3CCCCC3C)o2)cc1. The third kappa shape index (κ3) is 4.75. The van der Waals surface area contributed by atoms with Crippen LogP contribution in [0.5, 0.6) is 5.75 Å². The smallest absolute Gasteiger partial charge is 0.277 e. The largest absolute Gasteiger partial charge is 0.497 e. The highest BCUT2D eigenvalue weighted by molar-refractivity contribution is 7.99. The lowest BCUT2D eigenvalue weighted by molar-refractivity contribution is -0.119. The molecule has 0 radical (unpaired) electrons. The molecule has 0 saturated heterocycles. The molecule has 7 heteroatoms. The maximum atomic E-state index is 12.1. The van der Waals surface area contributed by atoms with Crippen molar-refractivity contribution in [2.24, 2.45) is 5.92 Å². The number of nitrogens with zero attached hydrogens (tertiary/aromatic N) is 2. The van der Waals surface area contributed by atoms with Gasteiger partial charge in [-0.05, 0) is 43.0 Å². The molecule has 25 heavy (non-hydrogen) atoms. The van der Waals surface area contributed by atoms with Crippen molar-refractivity contribution in [2.75, 3.05) is 12.9 Å². The Labute approximate surface area is 151 Å². The fourth-order valence-corrected chi connectivity index (χ4v) is 3.60. The van der Waals surface area contributed by atoms with Crippen LogP contribution in [0.25, 0.3) is 11.5 Å². The Bertz CT molecular complexity index is 702. The van der Waals surface area contributed by atoms with Crippen LogP contribution in [0.4, 0.5) is 0 Å². The molecule has 1 amide bonds. The van der Waals surface area contributed by atoms with E-state index in [1.165, 1.54) is 31.0 Å². The summed E-state index contributed by atoms with van der Waals surface area (Å²) in [7, 11) is 1.62. The molecule has 1 fully saturated rings. The Morgan fingerprint density at radius 2 is 2.04 bits per heavy atom. The van der Waals surface area contributed by atoms with Gasteiger partial charge in [0.25, 0.3) is 5.22 Å². The fraction of sp³-hybridized carbons (Fsp3) is 0.500. The van der Waals surface area contributed by atoms with Crippen LogP contribution in [0, 0.1) is 5.92 Å². The van der Waals surface area contributed by atoms with Gasteiger partial charge in [0.15, 0.2) is 0 Å². The molecule has 2 aromatic rings. The molecule has 2 unspecified atom stereocenters. The van der Waals surface area contributed by atoms with Gasteiger partial charge < -0.3 is 14.5 Å². The first-order valence-corrected chi connectivity index (χ1v) is 9.54. The van der Waals surface area contributed by atoms with E-state index in [0.29, 0.717) is 23.1 Å². The lowest BCUT2D eigenvalue weighted by Crippen LogP contribution is -2.41. The van der Waals surface area contributed by atoms with Crippen LogP contribution in [0.1, 0.15) is 32.6 Å². The van der Waals surface area contributed by atoms with Crippen LogP contribution in [-0.2, 0) is 4.79 Å². The molecule has 1 N–H and O–H groups in total. The Morgan fingerprint density at radius 3 is 2.76 bits per heavy atom. The lowest BCUT2D eigenvalue weighted by Gasteiger charge is -2.29.